The first kappa shape index (κ1) is 24.4. The molecule has 172 valence electrons. The summed E-state index contributed by atoms with van der Waals surface area (Å²) in [5.41, 5.74) is 3.35. The maximum absolute atomic E-state index is 13.0. The number of hydrogen-bond donors (Lipinski definition) is 1. The predicted octanol–water partition coefficient (Wildman–Crippen LogP) is 4.20. The molecule has 2 aromatic rings. The van der Waals surface area contributed by atoms with Gasteiger partial charge in [-0.25, -0.2) is 4.98 Å². The van der Waals surface area contributed by atoms with Crippen molar-refractivity contribution in [2.45, 2.75) is 51.5 Å². The SMILES string of the molecule is Br.CC(C)(C)c1cc(C(=O)CN2Cc3ccc(C4CC4)nc3C2=N)ccc1OS(C)(=O)=O. The lowest BCUT2D eigenvalue weighted by Gasteiger charge is -2.23. The van der Waals surface area contributed by atoms with Gasteiger partial charge in [-0.3, -0.25) is 10.2 Å². The normalized spacial score (nSPS) is 15.9. The highest BCUT2D eigenvalue weighted by Crippen LogP contribution is 2.40. The Balaban J connectivity index is 0.00000289. The van der Waals surface area contributed by atoms with Gasteiger partial charge in [0.15, 0.2) is 5.78 Å². The molecule has 1 aromatic heterocycles. The molecule has 0 spiro atoms. The van der Waals surface area contributed by atoms with Gasteiger partial charge < -0.3 is 9.08 Å². The van der Waals surface area contributed by atoms with Gasteiger partial charge in [0.1, 0.15) is 17.3 Å². The van der Waals surface area contributed by atoms with Crippen LogP contribution in [0.1, 0.15) is 72.4 Å². The molecule has 1 aliphatic heterocycles. The number of halogens is 1. The van der Waals surface area contributed by atoms with E-state index in [0.717, 1.165) is 30.4 Å². The molecule has 0 saturated heterocycles. The summed E-state index contributed by atoms with van der Waals surface area (Å²) in [5, 5.41) is 8.50. The maximum Gasteiger partial charge on any atom is 0.306 e. The average molecular weight is 522 g/mol. The smallest absolute Gasteiger partial charge is 0.306 e. The first-order valence-corrected chi connectivity index (χ1v) is 12.1. The van der Waals surface area contributed by atoms with Crippen molar-refractivity contribution in [2.24, 2.45) is 0 Å². The first-order valence-electron chi connectivity index (χ1n) is 10.3. The van der Waals surface area contributed by atoms with E-state index >= 15 is 0 Å². The van der Waals surface area contributed by atoms with Crippen LogP contribution >= 0.6 is 17.0 Å². The summed E-state index contributed by atoms with van der Waals surface area (Å²) in [7, 11) is -3.68. The van der Waals surface area contributed by atoms with Gasteiger partial charge in [0.2, 0.25) is 0 Å². The van der Waals surface area contributed by atoms with E-state index in [9.17, 15) is 13.2 Å². The van der Waals surface area contributed by atoms with Crippen LogP contribution < -0.4 is 4.18 Å². The fourth-order valence-corrected chi connectivity index (χ4v) is 4.27. The van der Waals surface area contributed by atoms with E-state index in [1.54, 1.807) is 17.0 Å². The van der Waals surface area contributed by atoms with Crippen LogP contribution in [0.4, 0.5) is 0 Å². The van der Waals surface area contributed by atoms with Gasteiger partial charge in [-0.2, -0.15) is 8.42 Å². The molecule has 1 N–H and O–H groups in total. The number of carbonyl (C=O) groups is 1. The third-order valence-electron chi connectivity index (χ3n) is 5.58. The second-order valence-electron chi connectivity index (χ2n) is 9.39. The van der Waals surface area contributed by atoms with Crippen molar-refractivity contribution in [3.63, 3.8) is 0 Å². The van der Waals surface area contributed by atoms with Crippen molar-refractivity contribution in [1.82, 2.24) is 9.88 Å². The van der Waals surface area contributed by atoms with Gasteiger partial charge in [-0.15, -0.1) is 17.0 Å². The molecule has 2 aliphatic rings. The van der Waals surface area contributed by atoms with Crippen molar-refractivity contribution in [3.8, 4) is 5.75 Å². The molecule has 0 bridgehead atoms. The Hall–Kier alpha value is -2.26. The molecule has 32 heavy (non-hydrogen) atoms. The monoisotopic (exact) mass is 521 g/mol. The number of nitrogens with one attached hydrogen (secondary N) is 1. The van der Waals surface area contributed by atoms with Crippen molar-refractivity contribution in [3.05, 3.63) is 58.4 Å². The number of benzene rings is 1. The van der Waals surface area contributed by atoms with Gasteiger partial charge in [-0.05, 0) is 42.5 Å². The number of Topliss-reactive ketones (excluding diaryl/α,β-unsaturated/α-hetero) is 1. The molecule has 0 atom stereocenters. The number of fused-ring (bicyclic) bond motifs is 1. The lowest BCUT2D eigenvalue weighted by Crippen LogP contribution is -2.30. The van der Waals surface area contributed by atoms with E-state index < -0.39 is 15.5 Å². The molecule has 1 fully saturated rings. The Labute approximate surface area is 199 Å². The molecule has 7 nitrogen and oxygen atoms in total. The number of ketones is 1. The number of carbonyl (C=O) groups excluding carboxylic acids is 1. The van der Waals surface area contributed by atoms with Crippen LogP contribution in [0.15, 0.2) is 30.3 Å². The standard InChI is InChI=1S/C23H27N3O4S.BrH/c1-23(2,3)17-11-15(8-10-20(17)30-31(4,28)29)19(27)13-26-12-16-7-9-18(14-5-6-14)25-21(16)22(26)24;/h7-11,14,24H,5-6,12-13H2,1-4H3;1H. The molecule has 1 aliphatic carbocycles. The summed E-state index contributed by atoms with van der Waals surface area (Å²) in [4.78, 5) is 19.4. The van der Waals surface area contributed by atoms with Crippen LogP contribution in [0.3, 0.4) is 0 Å². The molecule has 0 amide bonds. The summed E-state index contributed by atoms with van der Waals surface area (Å²) in [6.07, 6.45) is 3.30. The number of aromatic nitrogens is 1. The Bertz CT molecular complexity index is 1180. The number of nitrogens with zero attached hydrogens (tertiary/aromatic N) is 2. The molecule has 1 aromatic carbocycles. The Morgan fingerprint density at radius 2 is 1.91 bits per heavy atom. The summed E-state index contributed by atoms with van der Waals surface area (Å²) >= 11 is 0. The zero-order valence-corrected chi connectivity index (χ0v) is 21.2. The Kier molecular flexibility index (Phi) is 6.55. The number of pyridine rings is 1. The lowest BCUT2D eigenvalue weighted by molar-refractivity contribution is 0.0962. The van der Waals surface area contributed by atoms with Crippen molar-refractivity contribution >= 4 is 38.7 Å². The minimum absolute atomic E-state index is 0. The van der Waals surface area contributed by atoms with Crippen LogP contribution in [0.2, 0.25) is 0 Å². The topological polar surface area (TPSA) is 100 Å². The minimum Gasteiger partial charge on any atom is -0.382 e. The zero-order valence-electron chi connectivity index (χ0n) is 18.6. The Morgan fingerprint density at radius 1 is 1.22 bits per heavy atom. The quantitative estimate of drug-likeness (QED) is 0.451. The molecule has 1 saturated carbocycles. The van der Waals surface area contributed by atoms with Crippen molar-refractivity contribution in [2.75, 3.05) is 12.8 Å². The maximum atomic E-state index is 13.0. The number of hydrogen-bond acceptors (Lipinski definition) is 6. The van der Waals surface area contributed by atoms with Crippen LogP contribution in [0, 0.1) is 5.41 Å². The van der Waals surface area contributed by atoms with Crippen LogP contribution in [0.5, 0.6) is 5.75 Å². The second kappa shape index (κ2) is 8.59. The summed E-state index contributed by atoms with van der Waals surface area (Å²) in [6.45, 7) is 6.34. The van der Waals surface area contributed by atoms with E-state index in [4.69, 9.17) is 9.59 Å². The molecular weight excluding hydrogens is 494 g/mol. The van der Waals surface area contributed by atoms with Crippen molar-refractivity contribution < 1.29 is 17.4 Å². The van der Waals surface area contributed by atoms with E-state index in [-0.39, 0.29) is 40.9 Å². The third kappa shape index (κ3) is 5.20. The largest absolute Gasteiger partial charge is 0.382 e. The molecular formula is C23H28BrN3O4S. The van der Waals surface area contributed by atoms with Crippen LogP contribution in [-0.4, -0.2) is 42.7 Å². The van der Waals surface area contributed by atoms with Crippen molar-refractivity contribution in [1.29, 1.82) is 5.41 Å². The van der Waals surface area contributed by atoms with Gasteiger partial charge in [-0.1, -0.05) is 26.8 Å². The molecule has 9 heteroatoms. The van der Waals surface area contributed by atoms with E-state index in [0.29, 0.717) is 29.3 Å². The lowest BCUT2D eigenvalue weighted by atomic mass is 9.85. The van der Waals surface area contributed by atoms with E-state index in [1.165, 1.54) is 6.07 Å². The van der Waals surface area contributed by atoms with Gasteiger partial charge in [0.05, 0.1) is 12.8 Å². The second-order valence-corrected chi connectivity index (χ2v) is 11.0. The fourth-order valence-electron chi connectivity index (χ4n) is 3.80. The Morgan fingerprint density at radius 3 is 2.50 bits per heavy atom. The minimum atomic E-state index is -3.68. The highest BCUT2D eigenvalue weighted by atomic mass is 79.9. The molecule has 0 radical (unpaired) electrons. The third-order valence-corrected chi connectivity index (χ3v) is 6.07. The van der Waals surface area contributed by atoms with Gasteiger partial charge in [0, 0.05) is 34.8 Å². The van der Waals surface area contributed by atoms with E-state index in [2.05, 4.69) is 4.98 Å². The average Bonchev–Trinajstić information content (AvgIpc) is 3.46. The molecule has 4 rings (SSSR count). The highest BCUT2D eigenvalue weighted by Gasteiger charge is 2.31. The first-order chi connectivity index (χ1) is 14.4. The summed E-state index contributed by atoms with van der Waals surface area (Å²) < 4.78 is 28.4. The predicted molar refractivity (Wildman–Crippen MR) is 129 cm³/mol. The highest BCUT2D eigenvalue weighted by molar-refractivity contribution is 8.93. The van der Waals surface area contributed by atoms with E-state index in [1.807, 2.05) is 32.9 Å². The zero-order chi connectivity index (χ0) is 22.6. The van der Waals surface area contributed by atoms with Crippen LogP contribution in [-0.2, 0) is 22.1 Å². The number of amidine groups is 1. The van der Waals surface area contributed by atoms with Crippen LogP contribution in [0.25, 0.3) is 0 Å². The molecule has 2 heterocycles. The van der Waals surface area contributed by atoms with Gasteiger partial charge >= 0.3 is 10.1 Å². The fraction of sp³-hybridized carbons (Fsp3) is 0.435. The number of rotatable bonds is 6. The molecule has 0 unspecified atom stereocenters. The summed E-state index contributed by atoms with van der Waals surface area (Å²) in [6, 6.07) is 8.85. The van der Waals surface area contributed by atoms with Gasteiger partial charge in [0.25, 0.3) is 0 Å². The summed E-state index contributed by atoms with van der Waals surface area (Å²) in [5.74, 6) is 0.872.